The van der Waals surface area contributed by atoms with Crippen molar-refractivity contribution in [1.82, 2.24) is 0 Å². The van der Waals surface area contributed by atoms with Gasteiger partial charge in [0.1, 0.15) is 0 Å². The average Bonchev–Trinajstić information content (AvgIpc) is 2.29. The fraction of sp³-hybridized carbons (Fsp3) is 0.400. The molecule has 1 aromatic rings. The van der Waals surface area contributed by atoms with Gasteiger partial charge in [0.2, 0.25) is 0 Å². The molecule has 1 aromatic carbocycles. The Hall–Kier alpha value is -0.0300. The zero-order chi connectivity index (χ0) is 12.3. The van der Waals surface area contributed by atoms with Crippen LogP contribution in [0.1, 0.15) is 5.56 Å². The largest absolute Gasteiger partial charge is 0.327 e. The Labute approximate surface area is 109 Å². The van der Waals surface area contributed by atoms with Crippen LogP contribution < -0.4 is 0 Å². The Balaban J connectivity index is 3.31. The first-order valence-corrected chi connectivity index (χ1v) is 5.44. The van der Waals surface area contributed by atoms with Crippen LogP contribution in [0.2, 0.25) is 15.1 Å². The second-order valence-electron chi connectivity index (χ2n) is 2.92. The molecule has 0 saturated heterocycles. The first kappa shape index (κ1) is 14.0. The number of hydrogen-bond donors (Lipinski definition) is 0. The molecule has 0 atom stereocenters. The standard InChI is InChI=1S/C10H11Cl3O3/c1-14-10(15-2,16-3)6-4-7(11)9(13)8(12)5-6/h4-5H,1-3H3. The lowest BCUT2D eigenvalue weighted by molar-refractivity contribution is -0.364. The molecule has 3 nitrogen and oxygen atoms in total. The van der Waals surface area contributed by atoms with Crippen LogP contribution in [-0.4, -0.2) is 21.3 Å². The minimum atomic E-state index is -1.34. The molecule has 0 radical (unpaired) electrons. The number of hydrogen-bond acceptors (Lipinski definition) is 3. The Morgan fingerprint density at radius 2 is 1.25 bits per heavy atom. The van der Waals surface area contributed by atoms with Gasteiger partial charge in [-0.1, -0.05) is 34.8 Å². The van der Waals surface area contributed by atoms with E-state index in [1.54, 1.807) is 12.1 Å². The zero-order valence-electron chi connectivity index (χ0n) is 9.01. The van der Waals surface area contributed by atoms with Gasteiger partial charge < -0.3 is 14.2 Å². The van der Waals surface area contributed by atoms with E-state index in [9.17, 15) is 0 Å². The maximum Gasteiger partial charge on any atom is 0.311 e. The third kappa shape index (κ3) is 2.45. The predicted molar refractivity (Wildman–Crippen MR) is 64.2 cm³/mol. The van der Waals surface area contributed by atoms with Crippen molar-refractivity contribution in [2.45, 2.75) is 5.97 Å². The van der Waals surface area contributed by atoms with Crippen molar-refractivity contribution in [2.24, 2.45) is 0 Å². The van der Waals surface area contributed by atoms with E-state index in [0.717, 1.165) is 0 Å². The van der Waals surface area contributed by atoms with Crippen LogP contribution in [0.3, 0.4) is 0 Å². The molecule has 0 aliphatic carbocycles. The maximum absolute atomic E-state index is 5.91. The summed E-state index contributed by atoms with van der Waals surface area (Å²) in [4.78, 5) is 0. The normalized spacial score (nSPS) is 11.9. The molecule has 0 bridgehead atoms. The lowest BCUT2D eigenvalue weighted by atomic mass is 10.2. The lowest BCUT2D eigenvalue weighted by Gasteiger charge is -2.29. The first-order chi connectivity index (χ1) is 7.50. The van der Waals surface area contributed by atoms with E-state index in [-0.39, 0.29) is 5.02 Å². The molecule has 6 heteroatoms. The minimum Gasteiger partial charge on any atom is -0.327 e. The molecule has 0 amide bonds. The smallest absolute Gasteiger partial charge is 0.311 e. The number of benzene rings is 1. The maximum atomic E-state index is 5.91. The zero-order valence-corrected chi connectivity index (χ0v) is 11.3. The number of ether oxygens (including phenoxy) is 3. The van der Waals surface area contributed by atoms with Gasteiger partial charge >= 0.3 is 5.97 Å². The van der Waals surface area contributed by atoms with E-state index in [4.69, 9.17) is 49.0 Å². The highest BCUT2D eigenvalue weighted by Crippen LogP contribution is 2.36. The summed E-state index contributed by atoms with van der Waals surface area (Å²) in [6.07, 6.45) is 0. The van der Waals surface area contributed by atoms with Crippen molar-refractivity contribution in [3.63, 3.8) is 0 Å². The Morgan fingerprint density at radius 3 is 1.56 bits per heavy atom. The molecule has 0 spiro atoms. The number of halogens is 3. The van der Waals surface area contributed by atoms with Gasteiger partial charge in [-0.05, 0) is 12.1 Å². The molecule has 1 rings (SSSR count). The van der Waals surface area contributed by atoms with Crippen molar-refractivity contribution in [2.75, 3.05) is 21.3 Å². The molecule has 0 N–H and O–H groups in total. The molecule has 90 valence electrons. The van der Waals surface area contributed by atoms with Crippen LogP contribution in [0.5, 0.6) is 0 Å². The van der Waals surface area contributed by atoms with Crippen LogP contribution in [0.15, 0.2) is 12.1 Å². The van der Waals surface area contributed by atoms with Gasteiger partial charge in [-0.25, -0.2) is 0 Å². The Morgan fingerprint density at radius 1 is 0.875 bits per heavy atom. The van der Waals surface area contributed by atoms with Crippen molar-refractivity contribution in [3.8, 4) is 0 Å². The topological polar surface area (TPSA) is 27.7 Å². The molecule has 0 saturated carbocycles. The van der Waals surface area contributed by atoms with E-state index in [2.05, 4.69) is 0 Å². The lowest BCUT2D eigenvalue weighted by Crippen LogP contribution is -2.32. The van der Waals surface area contributed by atoms with Crippen LogP contribution in [-0.2, 0) is 20.2 Å². The third-order valence-electron chi connectivity index (χ3n) is 2.14. The molecule has 0 aliphatic heterocycles. The van der Waals surface area contributed by atoms with Crippen LogP contribution >= 0.6 is 34.8 Å². The predicted octanol–water partition coefficient (Wildman–Crippen LogP) is 3.70. The third-order valence-corrected chi connectivity index (χ3v) is 3.34. The molecule has 0 unspecified atom stereocenters. The van der Waals surface area contributed by atoms with E-state index in [1.165, 1.54) is 21.3 Å². The highest BCUT2D eigenvalue weighted by Gasteiger charge is 2.33. The molecule has 0 aromatic heterocycles. The van der Waals surface area contributed by atoms with E-state index in [0.29, 0.717) is 15.6 Å². The average molecular weight is 286 g/mol. The number of rotatable bonds is 4. The van der Waals surface area contributed by atoms with Crippen LogP contribution in [0.25, 0.3) is 0 Å². The molecule has 0 aliphatic rings. The molecule has 16 heavy (non-hydrogen) atoms. The van der Waals surface area contributed by atoms with Crippen molar-refractivity contribution >= 4 is 34.8 Å². The Kier molecular flexibility index (Phi) is 4.86. The van der Waals surface area contributed by atoms with Crippen molar-refractivity contribution < 1.29 is 14.2 Å². The van der Waals surface area contributed by atoms with Gasteiger partial charge in [-0.3, -0.25) is 0 Å². The summed E-state index contributed by atoms with van der Waals surface area (Å²) < 4.78 is 15.5. The molecular formula is C10H11Cl3O3. The fourth-order valence-electron chi connectivity index (χ4n) is 1.34. The fourth-order valence-corrected chi connectivity index (χ4v) is 1.93. The molecular weight excluding hydrogens is 274 g/mol. The van der Waals surface area contributed by atoms with Gasteiger partial charge in [0.15, 0.2) is 0 Å². The summed E-state index contributed by atoms with van der Waals surface area (Å²) in [5, 5.41) is 0.892. The summed E-state index contributed by atoms with van der Waals surface area (Å²) in [5.74, 6) is -1.34. The Bertz CT molecular complexity index is 346. The summed E-state index contributed by atoms with van der Waals surface area (Å²) in [6.45, 7) is 0. The number of methoxy groups -OCH3 is 3. The van der Waals surface area contributed by atoms with Crippen molar-refractivity contribution in [3.05, 3.63) is 32.8 Å². The van der Waals surface area contributed by atoms with Gasteiger partial charge in [0, 0.05) is 26.9 Å². The monoisotopic (exact) mass is 284 g/mol. The summed E-state index contributed by atoms with van der Waals surface area (Å²) >= 11 is 17.7. The SMILES string of the molecule is COC(OC)(OC)c1cc(Cl)c(Cl)c(Cl)c1. The molecule has 0 heterocycles. The van der Waals surface area contributed by atoms with Crippen LogP contribution in [0.4, 0.5) is 0 Å². The van der Waals surface area contributed by atoms with E-state index >= 15 is 0 Å². The van der Waals surface area contributed by atoms with E-state index < -0.39 is 5.97 Å². The van der Waals surface area contributed by atoms with Gasteiger partial charge in [-0.2, -0.15) is 0 Å². The summed E-state index contributed by atoms with van der Waals surface area (Å²) in [6, 6.07) is 3.15. The van der Waals surface area contributed by atoms with Gasteiger partial charge in [0.25, 0.3) is 0 Å². The minimum absolute atomic E-state index is 0.282. The second kappa shape index (κ2) is 5.54. The summed E-state index contributed by atoms with van der Waals surface area (Å²) in [5.41, 5.74) is 0.527. The second-order valence-corrected chi connectivity index (χ2v) is 4.11. The summed E-state index contributed by atoms with van der Waals surface area (Å²) in [7, 11) is 4.34. The molecule has 0 fully saturated rings. The quantitative estimate of drug-likeness (QED) is 0.624. The van der Waals surface area contributed by atoms with Gasteiger partial charge in [0.05, 0.1) is 15.1 Å². The van der Waals surface area contributed by atoms with Crippen LogP contribution in [0, 0.1) is 0 Å². The van der Waals surface area contributed by atoms with Crippen molar-refractivity contribution in [1.29, 1.82) is 0 Å². The highest BCUT2D eigenvalue weighted by atomic mass is 35.5. The van der Waals surface area contributed by atoms with Gasteiger partial charge in [-0.15, -0.1) is 0 Å². The first-order valence-electron chi connectivity index (χ1n) is 4.31. The van der Waals surface area contributed by atoms with E-state index in [1.807, 2.05) is 0 Å². The highest BCUT2D eigenvalue weighted by molar-refractivity contribution is 6.48.